The molecule has 0 saturated carbocycles. The number of nitrogens with one attached hydrogen (secondary N) is 2. The molecule has 7 nitrogen and oxygen atoms in total. The zero-order valence-electron chi connectivity index (χ0n) is 16.2. The number of ether oxygens (including phenoxy) is 1. The van der Waals surface area contributed by atoms with Gasteiger partial charge in [0, 0.05) is 26.2 Å². The maximum atomic E-state index is 13.8. The number of carbonyl (C=O) groups is 1. The Balaban J connectivity index is 0.00000341. The van der Waals surface area contributed by atoms with Crippen LogP contribution in [0.1, 0.15) is 10.4 Å². The Kier molecular flexibility index (Phi) is 9.35. The molecule has 0 aliphatic carbocycles. The molecule has 2 aromatic rings. The molecule has 0 spiro atoms. The van der Waals surface area contributed by atoms with Crippen LogP contribution in [0.5, 0.6) is 0 Å². The Morgan fingerprint density at radius 2 is 1.81 bits per heavy atom. The molecule has 2 N–H and O–H groups in total. The summed E-state index contributed by atoms with van der Waals surface area (Å²) in [6, 6.07) is 7.57. The zero-order chi connectivity index (χ0) is 21.7. The maximum absolute atomic E-state index is 13.8. The summed E-state index contributed by atoms with van der Waals surface area (Å²) in [6.45, 7) is 3.83. The van der Waals surface area contributed by atoms with Gasteiger partial charge in [-0.25, -0.2) is 12.8 Å². The van der Waals surface area contributed by atoms with Crippen LogP contribution in [0, 0.1) is 5.82 Å². The van der Waals surface area contributed by atoms with Gasteiger partial charge in [-0.2, -0.15) is 0 Å². The van der Waals surface area contributed by atoms with Gasteiger partial charge in [-0.3, -0.25) is 14.4 Å². The number of halogens is 4. The van der Waals surface area contributed by atoms with Gasteiger partial charge in [-0.05, 0) is 24.3 Å². The van der Waals surface area contributed by atoms with Crippen LogP contribution in [-0.4, -0.2) is 58.6 Å². The summed E-state index contributed by atoms with van der Waals surface area (Å²) in [5.74, 6) is -1.28. The van der Waals surface area contributed by atoms with E-state index in [1.807, 2.05) is 0 Å². The number of rotatable bonds is 7. The van der Waals surface area contributed by atoms with E-state index in [1.54, 1.807) is 0 Å². The van der Waals surface area contributed by atoms with Crippen molar-refractivity contribution in [3.63, 3.8) is 0 Å². The molecule has 0 unspecified atom stereocenters. The largest absolute Gasteiger partial charge is 0.379 e. The molecular formula is C19H21Cl3FN3O4S. The molecule has 1 aliphatic rings. The number of para-hydroxylation sites is 1. The van der Waals surface area contributed by atoms with E-state index >= 15 is 0 Å². The summed E-state index contributed by atoms with van der Waals surface area (Å²) in [6.07, 6.45) is 0. The molecule has 12 heteroatoms. The number of benzene rings is 2. The van der Waals surface area contributed by atoms with Gasteiger partial charge < -0.3 is 10.1 Å². The zero-order valence-corrected chi connectivity index (χ0v) is 19.4. The van der Waals surface area contributed by atoms with Crippen LogP contribution in [0.3, 0.4) is 0 Å². The molecule has 0 bridgehead atoms. The predicted octanol–water partition coefficient (Wildman–Crippen LogP) is 3.42. The van der Waals surface area contributed by atoms with Crippen LogP contribution in [0.15, 0.2) is 41.3 Å². The molecule has 0 atom stereocenters. The number of carbonyl (C=O) groups excluding carboxylic acids is 1. The van der Waals surface area contributed by atoms with Crippen molar-refractivity contribution in [3.8, 4) is 0 Å². The summed E-state index contributed by atoms with van der Waals surface area (Å²) in [5.41, 5.74) is -0.281. The van der Waals surface area contributed by atoms with Crippen LogP contribution >= 0.6 is 35.6 Å². The third-order valence-electron chi connectivity index (χ3n) is 4.49. The molecule has 0 radical (unpaired) electrons. The molecule has 170 valence electrons. The van der Waals surface area contributed by atoms with Crippen LogP contribution < -0.4 is 10.0 Å². The lowest BCUT2D eigenvalue weighted by Gasteiger charge is -2.26. The summed E-state index contributed by atoms with van der Waals surface area (Å²) < 4.78 is 46.7. The highest BCUT2D eigenvalue weighted by Crippen LogP contribution is 2.30. The lowest BCUT2D eigenvalue weighted by molar-refractivity contribution is 0.0383. The highest BCUT2D eigenvalue weighted by Gasteiger charge is 2.24. The van der Waals surface area contributed by atoms with Crippen molar-refractivity contribution in [2.45, 2.75) is 4.90 Å². The first kappa shape index (κ1) is 25.6. The van der Waals surface area contributed by atoms with E-state index in [-0.39, 0.29) is 38.6 Å². The van der Waals surface area contributed by atoms with Crippen molar-refractivity contribution < 1.29 is 22.3 Å². The van der Waals surface area contributed by atoms with Gasteiger partial charge in [0.1, 0.15) is 10.7 Å². The van der Waals surface area contributed by atoms with Gasteiger partial charge in [0.15, 0.2) is 0 Å². The van der Waals surface area contributed by atoms with Gasteiger partial charge in [0.25, 0.3) is 15.9 Å². The Morgan fingerprint density at radius 1 is 1.13 bits per heavy atom. The lowest BCUT2D eigenvalue weighted by Crippen LogP contribution is -2.41. The van der Waals surface area contributed by atoms with Crippen molar-refractivity contribution in [1.29, 1.82) is 0 Å². The third kappa shape index (κ3) is 6.68. The van der Waals surface area contributed by atoms with Gasteiger partial charge in [0.2, 0.25) is 0 Å². The smallest absolute Gasteiger partial charge is 0.263 e. The van der Waals surface area contributed by atoms with Crippen LogP contribution in [0.4, 0.5) is 10.1 Å². The molecule has 3 rings (SSSR count). The summed E-state index contributed by atoms with van der Waals surface area (Å²) in [7, 11) is -4.26. The van der Waals surface area contributed by atoms with Crippen molar-refractivity contribution in [1.82, 2.24) is 10.2 Å². The minimum absolute atomic E-state index is 0. The molecule has 2 aromatic carbocycles. The summed E-state index contributed by atoms with van der Waals surface area (Å²) in [5, 5.41) is 2.54. The Morgan fingerprint density at radius 3 is 2.48 bits per heavy atom. The number of nitrogens with zero attached hydrogens (tertiary/aromatic N) is 1. The van der Waals surface area contributed by atoms with Crippen molar-refractivity contribution in [2.75, 3.05) is 44.1 Å². The Bertz CT molecular complexity index is 1030. The van der Waals surface area contributed by atoms with E-state index in [0.29, 0.717) is 26.3 Å². The van der Waals surface area contributed by atoms with Crippen molar-refractivity contribution in [2.24, 2.45) is 0 Å². The van der Waals surface area contributed by atoms with E-state index in [1.165, 1.54) is 24.3 Å². The Hall–Kier alpha value is -1.62. The van der Waals surface area contributed by atoms with Crippen molar-refractivity contribution in [3.05, 3.63) is 57.8 Å². The summed E-state index contributed by atoms with van der Waals surface area (Å²) in [4.78, 5) is 14.3. The van der Waals surface area contributed by atoms with Gasteiger partial charge in [0.05, 0.1) is 34.5 Å². The number of sulfonamides is 1. The topological polar surface area (TPSA) is 87.7 Å². The quantitative estimate of drug-likeness (QED) is 0.594. The number of amides is 1. The van der Waals surface area contributed by atoms with Gasteiger partial charge in [-0.15, -0.1) is 12.4 Å². The molecule has 1 saturated heterocycles. The second-order valence-electron chi connectivity index (χ2n) is 6.56. The normalized spacial score (nSPS) is 14.5. The second-order valence-corrected chi connectivity index (χ2v) is 9.02. The average Bonchev–Trinajstić information content (AvgIpc) is 2.70. The second kappa shape index (κ2) is 11.3. The third-order valence-corrected chi connectivity index (χ3v) is 6.63. The van der Waals surface area contributed by atoms with E-state index in [2.05, 4.69) is 14.9 Å². The maximum Gasteiger partial charge on any atom is 0.263 e. The molecule has 1 heterocycles. The van der Waals surface area contributed by atoms with E-state index in [4.69, 9.17) is 27.9 Å². The fourth-order valence-corrected chi connectivity index (χ4v) is 4.83. The Labute approximate surface area is 196 Å². The average molecular weight is 513 g/mol. The summed E-state index contributed by atoms with van der Waals surface area (Å²) >= 11 is 12.2. The lowest BCUT2D eigenvalue weighted by atomic mass is 10.2. The molecule has 1 fully saturated rings. The fourth-order valence-electron chi connectivity index (χ4n) is 2.90. The first-order valence-corrected chi connectivity index (χ1v) is 11.4. The molecule has 1 amide bonds. The predicted molar refractivity (Wildman–Crippen MR) is 121 cm³/mol. The molecule has 31 heavy (non-hydrogen) atoms. The minimum atomic E-state index is -4.26. The standard InChI is InChI=1S/C19H20Cl2FN3O4S.ClH/c20-14-12-15(21)18(30(27,28)24-17-4-2-1-3-16(17)22)11-13(14)19(26)23-5-6-25-7-9-29-10-8-25;/h1-4,11-12,24H,5-10H2,(H,23,26);1H. The minimum Gasteiger partial charge on any atom is -0.379 e. The number of morpholine rings is 1. The van der Waals surface area contributed by atoms with Crippen LogP contribution in [-0.2, 0) is 14.8 Å². The number of hydrogen-bond acceptors (Lipinski definition) is 5. The van der Waals surface area contributed by atoms with Gasteiger partial charge >= 0.3 is 0 Å². The van der Waals surface area contributed by atoms with E-state index in [0.717, 1.165) is 25.2 Å². The van der Waals surface area contributed by atoms with Crippen molar-refractivity contribution >= 4 is 57.2 Å². The van der Waals surface area contributed by atoms with Gasteiger partial charge in [-0.1, -0.05) is 35.3 Å². The SMILES string of the molecule is Cl.O=C(NCCN1CCOCC1)c1cc(S(=O)(=O)Nc2ccccc2F)c(Cl)cc1Cl. The fraction of sp³-hybridized carbons (Fsp3) is 0.316. The molecular weight excluding hydrogens is 492 g/mol. The van der Waals surface area contributed by atoms with Crippen LogP contribution in [0.2, 0.25) is 10.0 Å². The highest BCUT2D eigenvalue weighted by atomic mass is 35.5. The van der Waals surface area contributed by atoms with Crippen LogP contribution in [0.25, 0.3) is 0 Å². The van der Waals surface area contributed by atoms with E-state index < -0.39 is 21.7 Å². The van der Waals surface area contributed by atoms with E-state index in [9.17, 15) is 17.6 Å². The number of anilines is 1. The molecule has 0 aromatic heterocycles. The molecule has 1 aliphatic heterocycles. The first-order chi connectivity index (χ1) is 14.3. The highest BCUT2D eigenvalue weighted by molar-refractivity contribution is 7.92. The monoisotopic (exact) mass is 511 g/mol. The number of hydrogen-bond donors (Lipinski definition) is 2. The first-order valence-electron chi connectivity index (χ1n) is 9.12.